The van der Waals surface area contributed by atoms with Gasteiger partial charge in [0.05, 0.1) is 17.0 Å². The predicted octanol–water partition coefficient (Wildman–Crippen LogP) is 6.62. The summed E-state index contributed by atoms with van der Waals surface area (Å²) >= 11 is 24.9. The molecule has 0 radical (unpaired) electrons. The van der Waals surface area contributed by atoms with E-state index in [0.29, 0.717) is 27.2 Å². The molecular formula is C29H31Cl4N3O4S. The topological polar surface area (TPSA) is 86.8 Å². The number of carbonyl (C=O) groups is 2. The second-order valence-corrected chi connectivity index (χ2v) is 13.1. The standard InChI is InChI=1S/C29H31Cl4N3O4S/c1-3-4-14-34-29(38)27(15-20-8-6-5-7-9-20)35(18-21-10-11-22(30)16-24(21)32)28(37)19-36(41(2,39)40)26-13-12-23(31)17-25(26)33/h5-13,16-17,27H,3-4,14-15,18-19H2,1-2H3,(H,34,38)/t27-/m1/s1. The lowest BCUT2D eigenvalue weighted by Gasteiger charge is -2.34. The molecule has 12 heteroatoms. The fraction of sp³-hybridized carbons (Fsp3) is 0.310. The molecule has 0 aliphatic heterocycles. The van der Waals surface area contributed by atoms with Crippen molar-refractivity contribution in [3.8, 4) is 0 Å². The lowest BCUT2D eigenvalue weighted by atomic mass is 10.0. The summed E-state index contributed by atoms with van der Waals surface area (Å²) in [5, 5.41) is 4.01. The molecule has 3 rings (SSSR count). The predicted molar refractivity (Wildman–Crippen MR) is 168 cm³/mol. The third-order valence-corrected chi connectivity index (χ3v) is 8.57. The van der Waals surface area contributed by atoms with Gasteiger partial charge in [-0.2, -0.15) is 0 Å². The molecule has 0 saturated carbocycles. The van der Waals surface area contributed by atoms with E-state index in [1.54, 1.807) is 18.2 Å². The number of benzene rings is 3. The van der Waals surface area contributed by atoms with Gasteiger partial charge in [-0.05, 0) is 47.9 Å². The van der Waals surface area contributed by atoms with Crippen LogP contribution >= 0.6 is 46.4 Å². The molecule has 3 aromatic carbocycles. The van der Waals surface area contributed by atoms with Gasteiger partial charge in [0, 0.05) is 34.6 Å². The van der Waals surface area contributed by atoms with E-state index in [1.807, 2.05) is 37.3 Å². The number of nitrogens with zero attached hydrogens (tertiary/aromatic N) is 2. The van der Waals surface area contributed by atoms with Crippen molar-refractivity contribution in [3.63, 3.8) is 0 Å². The van der Waals surface area contributed by atoms with Crippen LogP contribution in [-0.2, 0) is 32.6 Å². The van der Waals surface area contributed by atoms with Gasteiger partial charge in [0.2, 0.25) is 21.8 Å². The Morgan fingerprint density at radius 2 is 1.54 bits per heavy atom. The van der Waals surface area contributed by atoms with Gasteiger partial charge >= 0.3 is 0 Å². The van der Waals surface area contributed by atoms with Crippen LogP contribution in [0.5, 0.6) is 0 Å². The first kappa shape index (κ1) is 33.0. The summed E-state index contributed by atoms with van der Waals surface area (Å²) in [5.41, 5.74) is 1.45. The quantitative estimate of drug-likeness (QED) is 0.209. The summed E-state index contributed by atoms with van der Waals surface area (Å²) in [5.74, 6) is -0.991. The number of unbranched alkanes of at least 4 members (excludes halogenated alkanes) is 1. The monoisotopic (exact) mass is 657 g/mol. The van der Waals surface area contributed by atoms with Crippen LogP contribution in [0, 0.1) is 0 Å². The van der Waals surface area contributed by atoms with Crippen molar-refractivity contribution in [1.29, 1.82) is 0 Å². The average molecular weight is 659 g/mol. The van der Waals surface area contributed by atoms with E-state index in [2.05, 4.69) is 5.32 Å². The molecule has 7 nitrogen and oxygen atoms in total. The first-order chi connectivity index (χ1) is 19.4. The summed E-state index contributed by atoms with van der Waals surface area (Å²) in [6.45, 7) is 1.76. The third kappa shape index (κ3) is 9.51. The van der Waals surface area contributed by atoms with Crippen molar-refractivity contribution in [3.05, 3.63) is 97.9 Å². The molecule has 0 aromatic heterocycles. The van der Waals surface area contributed by atoms with Crippen LogP contribution in [0.3, 0.4) is 0 Å². The number of carbonyl (C=O) groups excluding carboxylic acids is 2. The van der Waals surface area contributed by atoms with Crippen LogP contribution in [-0.4, -0.2) is 50.5 Å². The van der Waals surface area contributed by atoms with Gasteiger partial charge < -0.3 is 10.2 Å². The maximum absolute atomic E-state index is 14.1. The second-order valence-electron chi connectivity index (χ2n) is 9.47. The molecule has 0 aliphatic rings. The molecule has 0 saturated heterocycles. The van der Waals surface area contributed by atoms with Gasteiger partial charge in [-0.1, -0.05) is 96.1 Å². The summed E-state index contributed by atoms with van der Waals surface area (Å²) < 4.78 is 26.7. The minimum Gasteiger partial charge on any atom is -0.354 e. The molecule has 41 heavy (non-hydrogen) atoms. The maximum Gasteiger partial charge on any atom is 0.244 e. The largest absolute Gasteiger partial charge is 0.354 e. The fourth-order valence-electron chi connectivity index (χ4n) is 4.17. The summed E-state index contributed by atoms with van der Waals surface area (Å²) in [4.78, 5) is 29.1. The Morgan fingerprint density at radius 3 is 2.12 bits per heavy atom. The van der Waals surface area contributed by atoms with Crippen molar-refractivity contribution in [1.82, 2.24) is 10.2 Å². The van der Waals surface area contributed by atoms with Crippen LogP contribution in [0.1, 0.15) is 30.9 Å². The average Bonchev–Trinajstić information content (AvgIpc) is 2.90. The number of halogens is 4. The molecular weight excluding hydrogens is 628 g/mol. The van der Waals surface area contributed by atoms with Gasteiger partial charge in [0.15, 0.2) is 0 Å². The number of hydrogen-bond donors (Lipinski definition) is 1. The highest BCUT2D eigenvalue weighted by Gasteiger charge is 2.33. The minimum absolute atomic E-state index is 0.0566. The van der Waals surface area contributed by atoms with E-state index >= 15 is 0 Å². The van der Waals surface area contributed by atoms with Crippen molar-refractivity contribution in [2.24, 2.45) is 0 Å². The molecule has 0 fully saturated rings. The van der Waals surface area contributed by atoms with E-state index in [-0.39, 0.29) is 29.6 Å². The molecule has 2 amide bonds. The lowest BCUT2D eigenvalue weighted by molar-refractivity contribution is -0.140. The summed E-state index contributed by atoms with van der Waals surface area (Å²) in [6, 6.07) is 17.5. The minimum atomic E-state index is -3.98. The van der Waals surface area contributed by atoms with Crippen LogP contribution in [0.25, 0.3) is 0 Å². The Bertz CT molecular complexity index is 1470. The molecule has 0 heterocycles. The van der Waals surface area contributed by atoms with E-state index in [0.717, 1.165) is 29.0 Å². The van der Waals surface area contributed by atoms with Gasteiger partial charge in [-0.3, -0.25) is 13.9 Å². The highest BCUT2D eigenvalue weighted by atomic mass is 35.5. The molecule has 1 N–H and O–H groups in total. The number of sulfonamides is 1. The molecule has 0 aliphatic carbocycles. The zero-order chi connectivity index (χ0) is 30.2. The van der Waals surface area contributed by atoms with Crippen molar-refractivity contribution >= 4 is 73.9 Å². The van der Waals surface area contributed by atoms with Gasteiger partial charge in [0.25, 0.3) is 0 Å². The smallest absolute Gasteiger partial charge is 0.244 e. The number of nitrogens with one attached hydrogen (secondary N) is 1. The second kappa shape index (κ2) is 15.1. The first-order valence-corrected chi connectivity index (χ1v) is 16.2. The zero-order valence-corrected chi connectivity index (χ0v) is 26.5. The fourth-order valence-corrected chi connectivity index (χ4v) is 6.06. The Balaban J connectivity index is 2.08. The molecule has 220 valence electrons. The van der Waals surface area contributed by atoms with Gasteiger partial charge in [-0.15, -0.1) is 0 Å². The first-order valence-electron chi connectivity index (χ1n) is 12.9. The molecule has 1 atom stereocenters. The highest BCUT2D eigenvalue weighted by molar-refractivity contribution is 7.92. The van der Waals surface area contributed by atoms with E-state index in [9.17, 15) is 18.0 Å². The van der Waals surface area contributed by atoms with Crippen molar-refractivity contribution in [2.75, 3.05) is 23.7 Å². The lowest BCUT2D eigenvalue weighted by Crippen LogP contribution is -2.53. The Labute approximate surface area is 261 Å². The SMILES string of the molecule is CCCCNC(=O)[C@@H](Cc1ccccc1)N(Cc1ccc(Cl)cc1Cl)C(=O)CN(c1ccc(Cl)cc1Cl)S(C)(=O)=O. The Morgan fingerprint density at radius 1 is 0.902 bits per heavy atom. The molecule has 0 spiro atoms. The summed E-state index contributed by atoms with van der Waals surface area (Å²) in [6.07, 6.45) is 2.80. The zero-order valence-electron chi connectivity index (χ0n) is 22.6. The molecule has 3 aromatic rings. The van der Waals surface area contributed by atoms with E-state index in [4.69, 9.17) is 46.4 Å². The van der Waals surface area contributed by atoms with Crippen LogP contribution < -0.4 is 9.62 Å². The third-order valence-electron chi connectivity index (χ3n) is 6.31. The molecule has 0 unspecified atom stereocenters. The van der Waals surface area contributed by atoms with Gasteiger partial charge in [0.1, 0.15) is 12.6 Å². The van der Waals surface area contributed by atoms with E-state index in [1.165, 1.54) is 23.1 Å². The van der Waals surface area contributed by atoms with Crippen LogP contribution in [0.2, 0.25) is 20.1 Å². The summed E-state index contributed by atoms with van der Waals surface area (Å²) in [7, 11) is -3.98. The Kier molecular flexibility index (Phi) is 12.2. The maximum atomic E-state index is 14.1. The van der Waals surface area contributed by atoms with Crippen molar-refractivity contribution < 1.29 is 18.0 Å². The Hall–Kier alpha value is -2.49. The van der Waals surface area contributed by atoms with E-state index < -0.39 is 28.5 Å². The number of anilines is 1. The number of amides is 2. The van der Waals surface area contributed by atoms with Crippen LogP contribution in [0.15, 0.2) is 66.7 Å². The number of hydrogen-bond acceptors (Lipinski definition) is 4. The van der Waals surface area contributed by atoms with Gasteiger partial charge in [-0.25, -0.2) is 8.42 Å². The highest BCUT2D eigenvalue weighted by Crippen LogP contribution is 2.31. The molecule has 0 bridgehead atoms. The van der Waals surface area contributed by atoms with Crippen molar-refractivity contribution in [2.45, 2.75) is 38.8 Å². The normalized spacial score (nSPS) is 12.0. The van der Waals surface area contributed by atoms with Crippen LogP contribution in [0.4, 0.5) is 5.69 Å². The number of rotatable bonds is 13.